The van der Waals surface area contributed by atoms with Crippen molar-refractivity contribution in [2.24, 2.45) is 5.41 Å². The number of aromatic nitrogens is 2. The van der Waals surface area contributed by atoms with Crippen molar-refractivity contribution in [1.29, 1.82) is 0 Å². The predicted molar refractivity (Wildman–Crippen MR) is 146 cm³/mol. The molecule has 2 amide bonds. The van der Waals surface area contributed by atoms with E-state index in [0.717, 1.165) is 24.3 Å². The number of aromatic amines is 1. The number of nitrogens with zero attached hydrogens (tertiary/aromatic N) is 2. The summed E-state index contributed by atoms with van der Waals surface area (Å²) in [6.07, 6.45) is -3.75. The zero-order chi connectivity index (χ0) is 30.2. The summed E-state index contributed by atoms with van der Waals surface area (Å²) in [6.45, 7) is 3.35. The highest BCUT2D eigenvalue weighted by Gasteiger charge is 2.45. The first-order chi connectivity index (χ1) is 19.1. The first-order valence-electron chi connectivity index (χ1n) is 13.2. The Balaban J connectivity index is 1.73. The molecule has 1 unspecified atom stereocenters. The molecule has 4 rings (SSSR count). The first kappa shape index (κ1) is 30.0. The lowest BCUT2D eigenvalue weighted by Gasteiger charge is -2.35. The number of fused-ring (bicyclic) bond motifs is 1. The Hall–Kier alpha value is -4.02. The number of rotatable bonds is 8. The fourth-order valence-corrected chi connectivity index (χ4v) is 5.11. The zero-order valence-corrected chi connectivity index (χ0v) is 23.3. The fourth-order valence-electron chi connectivity index (χ4n) is 5.11. The number of Topliss-reactive ketones (excluding diaryl/α,β-unsaturated/α-hetero) is 1. The van der Waals surface area contributed by atoms with Crippen LogP contribution in [-0.4, -0.2) is 57.9 Å². The minimum absolute atomic E-state index is 0.120. The van der Waals surface area contributed by atoms with Crippen molar-refractivity contribution >= 4 is 23.4 Å². The number of benzene rings is 1. The van der Waals surface area contributed by atoms with Gasteiger partial charge in [0.1, 0.15) is 5.82 Å². The molecule has 41 heavy (non-hydrogen) atoms. The van der Waals surface area contributed by atoms with E-state index in [-0.39, 0.29) is 24.4 Å². The number of ketones is 1. The van der Waals surface area contributed by atoms with Crippen LogP contribution in [0.4, 0.5) is 23.4 Å². The molecule has 0 aliphatic heterocycles. The molecule has 3 aromatic rings. The summed E-state index contributed by atoms with van der Waals surface area (Å²) in [6, 6.07) is 12.7. The molecule has 7 nitrogen and oxygen atoms in total. The number of amides is 2. The number of carbonyl (C=O) groups excluding carboxylic acids is 3. The number of alkyl halides is 4. The SMILES string of the molecule is CN(CCC(F)(F)F)C(=O)C1(C)CC(=O)c2c([nH]c(-c3ccnc(NC(=O)C(C)(C)F)c3)c2Cc2ccccc2)C1. The van der Waals surface area contributed by atoms with Crippen LogP contribution in [-0.2, 0) is 22.4 Å². The van der Waals surface area contributed by atoms with Crippen molar-refractivity contribution in [3.8, 4) is 11.3 Å². The number of hydrogen-bond donors (Lipinski definition) is 2. The third kappa shape index (κ3) is 6.83. The maximum Gasteiger partial charge on any atom is 0.390 e. The van der Waals surface area contributed by atoms with Gasteiger partial charge in [-0.3, -0.25) is 14.4 Å². The van der Waals surface area contributed by atoms with Crippen molar-refractivity contribution in [2.45, 2.75) is 58.3 Å². The lowest BCUT2D eigenvalue weighted by atomic mass is 9.72. The molecule has 1 atom stereocenters. The lowest BCUT2D eigenvalue weighted by Crippen LogP contribution is -2.46. The van der Waals surface area contributed by atoms with E-state index in [1.807, 2.05) is 30.3 Å². The average Bonchev–Trinajstić information content (AvgIpc) is 3.24. The minimum atomic E-state index is -4.41. The third-order valence-electron chi connectivity index (χ3n) is 7.23. The summed E-state index contributed by atoms with van der Waals surface area (Å²) >= 11 is 0. The Kier molecular flexibility index (Phi) is 8.11. The molecule has 218 valence electrons. The van der Waals surface area contributed by atoms with Gasteiger partial charge in [-0.25, -0.2) is 9.37 Å². The summed E-state index contributed by atoms with van der Waals surface area (Å²) in [5, 5.41) is 2.46. The highest BCUT2D eigenvalue weighted by atomic mass is 19.4. The number of pyridine rings is 1. The molecule has 0 spiro atoms. The van der Waals surface area contributed by atoms with Crippen LogP contribution < -0.4 is 5.32 Å². The van der Waals surface area contributed by atoms with Crippen LogP contribution in [0.1, 0.15) is 60.8 Å². The second kappa shape index (κ2) is 11.1. The summed E-state index contributed by atoms with van der Waals surface area (Å²) < 4.78 is 52.5. The van der Waals surface area contributed by atoms with Gasteiger partial charge in [0.15, 0.2) is 11.5 Å². The standard InChI is InChI=1S/C30H32F4N4O3/c1-28(2,31)26(40)37-23-15-19(10-12-35-23)25-20(14-18-8-6-5-7-9-18)24-21(36-25)16-29(3,17-22(24)39)27(41)38(4)13-11-30(32,33)34/h5-10,12,15,36H,11,13-14,16-17H2,1-4H3,(H,35,37,40). The first-order valence-corrected chi connectivity index (χ1v) is 13.2. The van der Waals surface area contributed by atoms with Crippen LogP contribution in [0.25, 0.3) is 11.3 Å². The lowest BCUT2D eigenvalue weighted by molar-refractivity contribution is -0.149. The van der Waals surface area contributed by atoms with Gasteiger partial charge in [-0.05, 0) is 44.0 Å². The highest BCUT2D eigenvalue weighted by molar-refractivity contribution is 6.05. The Labute approximate surface area is 235 Å². The van der Waals surface area contributed by atoms with Gasteiger partial charge in [0, 0.05) is 55.9 Å². The van der Waals surface area contributed by atoms with E-state index in [1.165, 1.54) is 13.2 Å². The molecular formula is C30H32F4N4O3. The zero-order valence-electron chi connectivity index (χ0n) is 23.3. The van der Waals surface area contributed by atoms with Crippen LogP contribution in [0, 0.1) is 5.41 Å². The van der Waals surface area contributed by atoms with Gasteiger partial charge in [-0.2, -0.15) is 13.2 Å². The monoisotopic (exact) mass is 572 g/mol. The fraction of sp³-hybridized carbons (Fsp3) is 0.400. The Morgan fingerprint density at radius 1 is 1.10 bits per heavy atom. The van der Waals surface area contributed by atoms with Crippen LogP contribution in [0.3, 0.4) is 0 Å². The van der Waals surface area contributed by atoms with Gasteiger partial charge >= 0.3 is 6.18 Å². The Bertz CT molecular complexity index is 1460. The maximum absolute atomic E-state index is 14.1. The van der Waals surface area contributed by atoms with Crippen LogP contribution in [0.2, 0.25) is 0 Å². The van der Waals surface area contributed by atoms with Gasteiger partial charge in [-0.15, -0.1) is 0 Å². The van der Waals surface area contributed by atoms with E-state index in [1.54, 1.807) is 19.1 Å². The molecule has 1 aromatic carbocycles. The van der Waals surface area contributed by atoms with Gasteiger partial charge in [0.2, 0.25) is 5.91 Å². The normalized spacial score (nSPS) is 17.2. The molecule has 2 N–H and O–H groups in total. The minimum Gasteiger partial charge on any atom is -0.358 e. The third-order valence-corrected chi connectivity index (χ3v) is 7.23. The van der Waals surface area contributed by atoms with E-state index in [4.69, 9.17) is 0 Å². The second-order valence-electron chi connectivity index (χ2n) is 11.3. The van der Waals surface area contributed by atoms with Crippen LogP contribution in [0.5, 0.6) is 0 Å². The number of anilines is 1. The van der Waals surface area contributed by atoms with E-state index in [0.29, 0.717) is 34.5 Å². The maximum atomic E-state index is 14.1. The molecule has 0 fully saturated rings. The molecule has 2 heterocycles. The Morgan fingerprint density at radius 3 is 2.41 bits per heavy atom. The predicted octanol–water partition coefficient (Wildman–Crippen LogP) is 5.90. The van der Waals surface area contributed by atoms with E-state index >= 15 is 0 Å². The topological polar surface area (TPSA) is 95.2 Å². The molecule has 2 aromatic heterocycles. The molecule has 0 saturated heterocycles. The molecule has 1 aliphatic carbocycles. The molecular weight excluding hydrogens is 540 g/mol. The van der Waals surface area contributed by atoms with Crippen molar-refractivity contribution in [3.05, 3.63) is 71.0 Å². The van der Waals surface area contributed by atoms with Gasteiger partial charge in [-0.1, -0.05) is 30.3 Å². The highest BCUT2D eigenvalue weighted by Crippen LogP contribution is 2.42. The summed E-state index contributed by atoms with van der Waals surface area (Å²) in [7, 11) is 1.31. The van der Waals surface area contributed by atoms with E-state index < -0.39 is 42.0 Å². The smallest absolute Gasteiger partial charge is 0.358 e. The van der Waals surface area contributed by atoms with Crippen LogP contribution >= 0.6 is 0 Å². The number of hydrogen-bond acceptors (Lipinski definition) is 4. The number of nitrogens with one attached hydrogen (secondary N) is 2. The second-order valence-corrected chi connectivity index (χ2v) is 11.3. The quantitative estimate of drug-likeness (QED) is 0.329. The molecule has 0 saturated carbocycles. The van der Waals surface area contributed by atoms with Gasteiger partial charge < -0.3 is 15.2 Å². The van der Waals surface area contributed by atoms with Gasteiger partial charge in [0.05, 0.1) is 17.5 Å². The van der Waals surface area contributed by atoms with E-state index in [9.17, 15) is 31.9 Å². The van der Waals surface area contributed by atoms with Crippen molar-refractivity contribution in [1.82, 2.24) is 14.9 Å². The van der Waals surface area contributed by atoms with Crippen LogP contribution in [0.15, 0.2) is 48.7 Å². The van der Waals surface area contributed by atoms with Crippen molar-refractivity contribution in [2.75, 3.05) is 18.9 Å². The van der Waals surface area contributed by atoms with Crippen molar-refractivity contribution < 1.29 is 31.9 Å². The van der Waals surface area contributed by atoms with E-state index in [2.05, 4.69) is 15.3 Å². The molecule has 0 radical (unpaired) electrons. The largest absolute Gasteiger partial charge is 0.390 e. The van der Waals surface area contributed by atoms with Crippen molar-refractivity contribution in [3.63, 3.8) is 0 Å². The molecule has 11 heteroatoms. The summed E-state index contributed by atoms with van der Waals surface area (Å²) in [5.41, 5.74) is 0.363. The molecule has 1 aliphatic rings. The number of H-pyrrole nitrogens is 1. The average molecular weight is 573 g/mol. The van der Waals surface area contributed by atoms with Gasteiger partial charge in [0.25, 0.3) is 5.91 Å². The number of halogens is 4. The summed E-state index contributed by atoms with van der Waals surface area (Å²) in [4.78, 5) is 47.6. The summed E-state index contributed by atoms with van der Waals surface area (Å²) in [5.74, 6) is -1.57. The molecule has 0 bridgehead atoms. The number of carbonyl (C=O) groups is 3. The Morgan fingerprint density at radius 2 is 1.78 bits per heavy atom.